The number of benzene rings is 2. The number of hydrogen-bond acceptors (Lipinski definition) is 2. The molecule has 0 spiro atoms. The summed E-state index contributed by atoms with van der Waals surface area (Å²) in [4.78, 5) is 0. The summed E-state index contributed by atoms with van der Waals surface area (Å²) < 4.78 is 49.1. The average molecular weight is 431 g/mol. The Morgan fingerprint density at radius 1 is 1.10 bits per heavy atom. The second-order valence-electron chi connectivity index (χ2n) is 8.45. The van der Waals surface area contributed by atoms with Crippen molar-refractivity contribution < 1.29 is 23.0 Å². The van der Waals surface area contributed by atoms with Crippen molar-refractivity contribution >= 4 is 10.9 Å². The smallest absolute Gasteiger partial charge is 0.416 e. The molecule has 3 nitrogen and oxygen atoms in total. The summed E-state index contributed by atoms with van der Waals surface area (Å²) in [5, 5.41) is 10.1. The molecule has 0 bridgehead atoms. The summed E-state index contributed by atoms with van der Waals surface area (Å²) in [6.45, 7) is 2.95. The predicted octanol–water partition coefficient (Wildman–Crippen LogP) is 6.59. The average Bonchev–Trinajstić information content (AvgIpc) is 3.40. The number of hydrogen-bond donors (Lipinski definition) is 1. The molecule has 1 aromatic heterocycles. The summed E-state index contributed by atoms with van der Waals surface area (Å²) in [6.07, 6.45) is 1.95. The van der Waals surface area contributed by atoms with E-state index in [-0.39, 0.29) is 19.1 Å². The van der Waals surface area contributed by atoms with Crippen molar-refractivity contribution in [3.63, 3.8) is 0 Å². The van der Waals surface area contributed by atoms with Crippen LogP contribution in [0.4, 0.5) is 13.2 Å². The zero-order valence-corrected chi connectivity index (χ0v) is 17.7. The number of aliphatic hydroxyl groups excluding tert-OH is 1. The molecule has 0 atom stereocenters. The van der Waals surface area contributed by atoms with Gasteiger partial charge >= 0.3 is 6.18 Å². The summed E-state index contributed by atoms with van der Waals surface area (Å²) in [5.74, 6) is 0.643. The zero-order chi connectivity index (χ0) is 22.0. The Balaban J connectivity index is 1.54. The van der Waals surface area contributed by atoms with Crippen molar-refractivity contribution in [3.8, 4) is 5.75 Å². The van der Waals surface area contributed by atoms with Crippen LogP contribution in [0.1, 0.15) is 60.3 Å². The lowest BCUT2D eigenvalue weighted by atomic mass is 9.91. The van der Waals surface area contributed by atoms with Gasteiger partial charge in [-0.15, -0.1) is 0 Å². The van der Waals surface area contributed by atoms with Gasteiger partial charge in [0.2, 0.25) is 0 Å². The third-order valence-electron chi connectivity index (χ3n) is 6.21. The van der Waals surface area contributed by atoms with Crippen LogP contribution in [0.15, 0.2) is 42.6 Å². The van der Waals surface area contributed by atoms with Gasteiger partial charge in [-0.1, -0.05) is 25.0 Å². The minimum absolute atomic E-state index is 0.00604. The quantitative estimate of drug-likeness (QED) is 0.458. The van der Waals surface area contributed by atoms with E-state index < -0.39 is 11.7 Å². The molecule has 2 aromatic carbocycles. The first-order valence-corrected chi connectivity index (χ1v) is 10.9. The highest BCUT2D eigenvalue weighted by molar-refractivity contribution is 5.84. The number of rotatable bonds is 7. The monoisotopic (exact) mass is 431 g/mol. The molecule has 1 saturated carbocycles. The fourth-order valence-corrected chi connectivity index (χ4v) is 4.75. The normalized spacial score (nSPS) is 15.1. The van der Waals surface area contributed by atoms with Crippen LogP contribution in [0.3, 0.4) is 0 Å². The number of aromatic nitrogens is 1. The Morgan fingerprint density at radius 3 is 2.58 bits per heavy atom. The van der Waals surface area contributed by atoms with E-state index in [1.165, 1.54) is 6.07 Å². The zero-order valence-electron chi connectivity index (χ0n) is 17.7. The number of aryl methyl sites for hydroxylation is 2. The molecule has 1 aliphatic carbocycles. The molecule has 0 aliphatic heterocycles. The van der Waals surface area contributed by atoms with Gasteiger partial charge in [0.05, 0.1) is 11.1 Å². The van der Waals surface area contributed by atoms with Crippen molar-refractivity contribution in [2.45, 2.75) is 64.3 Å². The van der Waals surface area contributed by atoms with E-state index in [2.05, 4.69) is 4.57 Å². The molecule has 0 radical (unpaired) electrons. The van der Waals surface area contributed by atoms with Crippen LogP contribution in [-0.4, -0.2) is 16.3 Å². The third-order valence-corrected chi connectivity index (χ3v) is 6.21. The summed E-state index contributed by atoms with van der Waals surface area (Å²) in [6, 6.07) is 10.5. The second-order valence-corrected chi connectivity index (χ2v) is 8.45. The number of ether oxygens (including phenoxy) is 1. The molecule has 1 heterocycles. The standard InChI is InChI=1S/C25H28F3NO2/c1-17-13-21(15-20-9-11-29(24(17)20)10-4-12-30)31-16-18-7-8-22(19-5-2-3-6-19)23(14-18)25(26,27)28/h7-9,11,13-15,19,30H,2-6,10,12,16H2,1H3. The van der Waals surface area contributed by atoms with Crippen LogP contribution in [0.5, 0.6) is 5.75 Å². The highest BCUT2D eigenvalue weighted by Gasteiger charge is 2.36. The first-order valence-electron chi connectivity index (χ1n) is 10.9. The largest absolute Gasteiger partial charge is 0.489 e. The number of alkyl halides is 3. The highest BCUT2D eigenvalue weighted by atomic mass is 19.4. The van der Waals surface area contributed by atoms with Gasteiger partial charge in [0.15, 0.2) is 0 Å². The number of fused-ring (bicyclic) bond motifs is 1. The van der Waals surface area contributed by atoms with E-state index in [0.717, 1.165) is 48.7 Å². The van der Waals surface area contributed by atoms with E-state index in [1.54, 1.807) is 12.1 Å². The van der Waals surface area contributed by atoms with Gasteiger partial charge in [-0.2, -0.15) is 13.2 Å². The van der Waals surface area contributed by atoms with Gasteiger partial charge in [-0.3, -0.25) is 0 Å². The Kier molecular flexibility index (Phi) is 6.28. The van der Waals surface area contributed by atoms with Gasteiger partial charge in [0.1, 0.15) is 12.4 Å². The molecule has 3 aromatic rings. The van der Waals surface area contributed by atoms with E-state index in [4.69, 9.17) is 9.84 Å². The van der Waals surface area contributed by atoms with Crippen molar-refractivity contribution in [1.29, 1.82) is 0 Å². The fraction of sp³-hybridized carbons (Fsp3) is 0.440. The van der Waals surface area contributed by atoms with Crippen LogP contribution >= 0.6 is 0 Å². The number of nitrogens with zero attached hydrogens (tertiary/aromatic N) is 1. The maximum atomic E-state index is 13.7. The Hall–Kier alpha value is -2.47. The molecule has 0 amide bonds. The topological polar surface area (TPSA) is 34.4 Å². The SMILES string of the molecule is Cc1cc(OCc2ccc(C3CCCC3)c(C(F)(F)F)c2)cc2ccn(CCCO)c12. The highest BCUT2D eigenvalue weighted by Crippen LogP contribution is 2.42. The maximum Gasteiger partial charge on any atom is 0.416 e. The molecule has 1 aliphatic rings. The molecule has 0 unspecified atom stereocenters. The van der Waals surface area contributed by atoms with Crippen LogP contribution in [0, 0.1) is 6.92 Å². The Labute approximate surface area is 180 Å². The predicted molar refractivity (Wildman–Crippen MR) is 115 cm³/mol. The van der Waals surface area contributed by atoms with Crippen molar-refractivity contribution in [1.82, 2.24) is 4.57 Å². The van der Waals surface area contributed by atoms with Crippen molar-refractivity contribution in [3.05, 3.63) is 64.8 Å². The Bertz CT molecular complexity index is 1050. The minimum atomic E-state index is -4.36. The third kappa shape index (κ3) is 4.74. The summed E-state index contributed by atoms with van der Waals surface area (Å²) in [5.41, 5.74) is 2.54. The maximum absolute atomic E-state index is 13.7. The lowest BCUT2D eigenvalue weighted by molar-refractivity contribution is -0.138. The Morgan fingerprint density at radius 2 is 1.87 bits per heavy atom. The molecule has 166 valence electrons. The van der Waals surface area contributed by atoms with E-state index in [1.807, 2.05) is 31.3 Å². The first kappa shape index (κ1) is 21.8. The molecule has 1 N–H and O–H groups in total. The lowest BCUT2D eigenvalue weighted by Gasteiger charge is -2.19. The minimum Gasteiger partial charge on any atom is -0.489 e. The van der Waals surface area contributed by atoms with Gasteiger partial charge in [0, 0.05) is 24.7 Å². The number of aliphatic hydroxyl groups is 1. The van der Waals surface area contributed by atoms with Crippen molar-refractivity contribution in [2.24, 2.45) is 0 Å². The first-order chi connectivity index (χ1) is 14.9. The van der Waals surface area contributed by atoms with Crippen LogP contribution in [-0.2, 0) is 19.3 Å². The van der Waals surface area contributed by atoms with E-state index in [0.29, 0.717) is 23.3 Å². The van der Waals surface area contributed by atoms with Gasteiger partial charge < -0.3 is 14.4 Å². The molecule has 31 heavy (non-hydrogen) atoms. The second kappa shape index (κ2) is 8.95. The molecular weight excluding hydrogens is 403 g/mol. The molecule has 1 fully saturated rings. The number of halogens is 3. The lowest BCUT2D eigenvalue weighted by Crippen LogP contribution is -2.12. The van der Waals surface area contributed by atoms with E-state index >= 15 is 0 Å². The summed E-state index contributed by atoms with van der Waals surface area (Å²) in [7, 11) is 0. The van der Waals surface area contributed by atoms with Gasteiger partial charge in [-0.05, 0) is 73.1 Å². The molecule has 4 rings (SSSR count). The van der Waals surface area contributed by atoms with Gasteiger partial charge in [-0.25, -0.2) is 0 Å². The molecular formula is C25H28F3NO2. The fourth-order valence-electron chi connectivity index (χ4n) is 4.75. The molecule has 6 heteroatoms. The molecule has 0 saturated heterocycles. The van der Waals surface area contributed by atoms with Crippen LogP contribution in [0.25, 0.3) is 10.9 Å². The van der Waals surface area contributed by atoms with Crippen molar-refractivity contribution in [2.75, 3.05) is 6.61 Å². The van der Waals surface area contributed by atoms with E-state index in [9.17, 15) is 13.2 Å². The van der Waals surface area contributed by atoms with Crippen LogP contribution < -0.4 is 4.74 Å². The summed E-state index contributed by atoms with van der Waals surface area (Å²) >= 11 is 0. The van der Waals surface area contributed by atoms with Crippen LogP contribution in [0.2, 0.25) is 0 Å². The van der Waals surface area contributed by atoms with Gasteiger partial charge in [0.25, 0.3) is 0 Å².